The van der Waals surface area contributed by atoms with E-state index in [1.165, 1.54) is 21.2 Å². The van der Waals surface area contributed by atoms with Gasteiger partial charge < -0.3 is 4.90 Å². The summed E-state index contributed by atoms with van der Waals surface area (Å²) in [6.45, 7) is 0.892. The summed E-state index contributed by atoms with van der Waals surface area (Å²) in [6, 6.07) is 10.7. The number of hydrogen-bond acceptors (Lipinski definition) is 5. The molecule has 0 saturated heterocycles. The first-order valence-electron chi connectivity index (χ1n) is 9.06. The molecule has 144 valence electrons. The van der Waals surface area contributed by atoms with E-state index >= 15 is 0 Å². The molecule has 0 fully saturated rings. The summed E-state index contributed by atoms with van der Waals surface area (Å²) in [5, 5.41) is 11.2. The van der Waals surface area contributed by atoms with Crippen molar-refractivity contribution in [2.75, 3.05) is 6.54 Å². The summed E-state index contributed by atoms with van der Waals surface area (Å²) >= 11 is 0. The fraction of sp³-hybridized carbons (Fsp3) is 0.150. The molecule has 0 N–H and O–H groups in total. The molecule has 9 heteroatoms. The standard InChI is InChI=1S/C20H15FN6O2/c21-16-2-4-17(5-3-16)26-11-15-10-25(8-7-13(15)9-19(26)28)20(29)14-1-6-18-22-23-24-27(18)12-14/h1-6,9,11-12H,7-8,10H2. The average molecular weight is 390 g/mol. The normalized spacial score (nSPS) is 13.5. The first-order valence-corrected chi connectivity index (χ1v) is 9.06. The molecule has 0 atom stereocenters. The molecule has 0 spiro atoms. The quantitative estimate of drug-likeness (QED) is 0.519. The Kier molecular flexibility index (Phi) is 3.94. The number of carbonyl (C=O) groups excluding carboxylic acids is 1. The van der Waals surface area contributed by atoms with Gasteiger partial charge in [-0.3, -0.25) is 14.2 Å². The van der Waals surface area contributed by atoms with Gasteiger partial charge in [-0.25, -0.2) is 4.39 Å². The van der Waals surface area contributed by atoms with E-state index < -0.39 is 0 Å². The number of pyridine rings is 2. The lowest BCUT2D eigenvalue weighted by molar-refractivity contribution is 0.0733. The Hall–Kier alpha value is -3.88. The van der Waals surface area contributed by atoms with Crippen LogP contribution in [0, 0.1) is 5.82 Å². The van der Waals surface area contributed by atoms with Crippen molar-refractivity contribution >= 4 is 11.6 Å². The molecule has 4 heterocycles. The number of rotatable bonds is 2. The van der Waals surface area contributed by atoms with E-state index in [9.17, 15) is 14.0 Å². The van der Waals surface area contributed by atoms with E-state index in [1.807, 2.05) is 0 Å². The fourth-order valence-corrected chi connectivity index (χ4v) is 3.56. The number of carbonyl (C=O) groups is 1. The SMILES string of the molecule is O=C(c1ccc2nnnn2c1)N1CCc2cc(=O)n(-c3ccc(F)cc3)cc2C1. The molecule has 0 saturated carbocycles. The highest BCUT2D eigenvalue weighted by atomic mass is 19.1. The van der Waals surface area contributed by atoms with E-state index in [0.717, 1.165) is 11.1 Å². The Morgan fingerprint density at radius 1 is 1.03 bits per heavy atom. The molecular formula is C20H15FN6O2. The Morgan fingerprint density at radius 3 is 2.69 bits per heavy atom. The predicted molar refractivity (Wildman–Crippen MR) is 101 cm³/mol. The first-order chi connectivity index (χ1) is 14.1. The van der Waals surface area contributed by atoms with Crippen LogP contribution in [-0.2, 0) is 13.0 Å². The van der Waals surface area contributed by atoms with Crippen LogP contribution in [0.2, 0.25) is 0 Å². The van der Waals surface area contributed by atoms with Gasteiger partial charge in [-0.05, 0) is 64.4 Å². The molecule has 3 aromatic heterocycles. The van der Waals surface area contributed by atoms with Gasteiger partial charge in [0.15, 0.2) is 5.65 Å². The van der Waals surface area contributed by atoms with Crippen LogP contribution < -0.4 is 5.56 Å². The summed E-state index contributed by atoms with van der Waals surface area (Å²) in [6.07, 6.45) is 3.93. The van der Waals surface area contributed by atoms with E-state index in [4.69, 9.17) is 0 Å². The van der Waals surface area contributed by atoms with E-state index in [2.05, 4.69) is 15.5 Å². The van der Waals surface area contributed by atoms with Crippen LogP contribution in [0.4, 0.5) is 4.39 Å². The zero-order valence-electron chi connectivity index (χ0n) is 15.2. The molecule has 1 aliphatic rings. The van der Waals surface area contributed by atoms with Crippen LogP contribution in [0.1, 0.15) is 21.5 Å². The summed E-state index contributed by atoms with van der Waals surface area (Å²) in [4.78, 5) is 27.2. The largest absolute Gasteiger partial charge is 0.334 e. The number of halogens is 1. The van der Waals surface area contributed by atoms with Gasteiger partial charge in [-0.1, -0.05) is 0 Å². The molecule has 0 radical (unpaired) electrons. The van der Waals surface area contributed by atoms with Crippen molar-refractivity contribution in [3.8, 4) is 5.69 Å². The molecule has 0 bridgehead atoms. The van der Waals surface area contributed by atoms with Crippen molar-refractivity contribution in [2.45, 2.75) is 13.0 Å². The van der Waals surface area contributed by atoms with Crippen molar-refractivity contribution in [3.63, 3.8) is 0 Å². The molecule has 4 aromatic rings. The molecule has 0 unspecified atom stereocenters. The van der Waals surface area contributed by atoms with E-state index in [0.29, 0.717) is 36.4 Å². The fourth-order valence-electron chi connectivity index (χ4n) is 3.56. The Balaban J connectivity index is 1.46. The van der Waals surface area contributed by atoms with Crippen LogP contribution in [0.5, 0.6) is 0 Å². The van der Waals surface area contributed by atoms with Gasteiger partial charge in [0, 0.05) is 37.2 Å². The number of tetrazole rings is 1. The summed E-state index contributed by atoms with van der Waals surface area (Å²) in [5.41, 5.74) is 3.25. The second kappa shape index (κ2) is 6.62. The third-order valence-electron chi connectivity index (χ3n) is 5.08. The highest BCUT2D eigenvalue weighted by Gasteiger charge is 2.23. The second-order valence-electron chi connectivity index (χ2n) is 6.88. The van der Waals surface area contributed by atoms with E-state index in [1.54, 1.807) is 47.6 Å². The summed E-state index contributed by atoms with van der Waals surface area (Å²) in [5.74, 6) is -0.497. The maximum Gasteiger partial charge on any atom is 0.255 e. The van der Waals surface area contributed by atoms with Gasteiger partial charge in [0.25, 0.3) is 11.5 Å². The summed E-state index contributed by atoms with van der Waals surface area (Å²) < 4.78 is 16.1. The number of fused-ring (bicyclic) bond motifs is 2. The Bertz CT molecular complexity index is 1290. The zero-order valence-corrected chi connectivity index (χ0v) is 15.2. The highest BCUT2D eigenvalue weighted by Crippen LogP contribution is 2.20. The third kappa shape index (κ3) is 3.06. The molecule has 1 aromatic carbocycles. The molecule has 29 heavy (non-hydrogen) atoms. The molecular weight excluding hydrogens is 375 g/mol. The smallest absolute Gasteiger partial charge is 0.255 e. The monoisotopic (exact) mass is 390 g/mol. The number of nitrogens with zero attached hydrogens (tertiary/aromatic N) is 6. The third-order valence-corrected chi connectivity index (χ3v) is 5.08. The van der Waals surface area contributed by atoms with Crippen LogP contribution >= 0.6 is 0 Å². The first kappa shape index (κ1) is 17.2. The lowest BCUT2D eigenvalue weighted by Crippen LogP contribution is -2.37. The van der Waals surface area contributed by atoms with Crippen LogP contribution in [0.25, 0.3) is 11.3 Å². The second-order valence-corrected chi connectivity index (χ2v) is 6.88. The molecule has 8 nitrogen and oxygen atoms in total. The number of benzene rings is 1. The zero-order chi connectivity index (χ0) is 20.0. The molecule has 5 rings (SSSR count). The lowest BCUT2D eigenvalue weighted by Gasteiger charge is -2.29. The van der Waals surface area contributed by atoms with Crippen LogP contribution in [0.15, 0.2) is 59.7 Å². The minimum atomic E-state index is -0.365. The van der Waals surface area contributed by atoms with Crippen molar-refractivity contribution in [2.24, 2.45) is 0 Å². The number of hydrogen-bond donors (Lipinski definition) is 0. The van der Waals surface area contributed by atoms with Gasteiger partial charge >= 0.3 is 0 Å². The topological polar surface area (TPSA) is 85.4 Å². The van der Waals surface area contributed by atoms with Gasteiger partial charge in [0.1, 0.15) is 5.82 Å². The lowest BCUT2D eigenvalue weighted by atomic mass is 10.0. The molecule has 1 aliphatic heterocycles. The minimum absolute atomic E-state index is 0.132. The van der Waals surface area contributed by atoms with Crippen molar-refractivity contribution in [1.29, 1.82) is 0 Å². The number of amides is 1. The van der Waals surface area contributed by atoms with Crippen molar-refractivity contribution in [1.82, 2.24) is 29.5 Å². The minimum Gasteiger partial charge on any atom is -0.334 e. The molecule has 1 amide bonds. The van der Waals surface area contributed by atoms with Crippen LogP contribution in [-0.4, -0.2) is 42.0 Å². The van der Waals surface area contributed by atoms with E-state index in [-0.39, 0.29) is 17.3 Å². The average Bonchev–Trinajstić information content (AvgIpc) is 3.21. The predicted octanol–water partition coefficient (Wildman–Crippen LogP) is 1.61. The maximum absolute atomic E-state index is 13.2. The maximum atomic E-state index is 13.2. The Morgan fingerprint density at radius 2 is 1.86 bits per heavy atom. The summed E-state index contributed by atoms with van der Waals surface area (Å²) in [7, 11) is 0. The molecule has 0 aliphatic carbocycles. The van der Waals surface area contributed by atoms with Gasteiger partial charge in [-0.2, -0.15) is 4.52 Å². The van der Waals surface area contributed by atoms with Crippen molar-refractivity contribution < 1.29 is 9.18 Å². The van der Waals surface area contributed by atoms with Crippen LogP contribution in [0.3, 0.4) is 0 Å². The van der Waals surface area contributed by atoms with Gasteiger partial charge in [0.2, 0.25) is 0 Å². The van der Waals surface area contributed by atoms with Gasteiger partial charge in [-0.15, -0.1) is 5.10 Å². The van der Waals surface area contributed by atoms with Crippen molar-refractivity contribution in [3.05, 3.63) is 87.7 Å². The Labute approximate surface area is 163 Å². The highest BCUT2D eigenvalue weighted by molar-refractivity contribution is 5.94. The van der Waals surface area contributed by atoms with Gasteiger partial charge in [0.05, 0.1) is 5.56 Å². The number of aromatic nitrogens is 5.